The predicted octanol–water partition coefficient (Wildman–Crippen LogP) is 3.72. The molecule has 17 heavy (non-hydrogen) atoms. The lowest BCUT2D eigenvalue weighted by molar-refractivity contribution is -0.134. The highest BCUT2D eigenvalue weighted by atomic mass is 16.5. The van der Waals surface area contributed by atoms with Crippen LogP contribution in [0.15, 0.2) is 0 Å². The number of hydrogen-bond donors (Lipinski definition) is 2. The Balaban J connectivity index is 4.20. The first-order valence-electron chi connectivity index (χ1n) is 6.92. The van der Waals surface area contributed by atoms with Crippen LogP contribution in [0, 0.1) is 18.8 Å². The molecule has 1 radical (unpaired) electrons. The monoisotopic (exact) mass is 242 g/mol. The number of nitrogens with one attached hydrogen (secondary N) is 1. The smallest absolute Gasteiger partial charge is 0.246 e. The molecule has 0 rings (SSSR count). The van der Waals surface area contributed by atoms with Crippen molar-refractivity contribution in [2.75, 3.05) is 0 Å². The van der Waals surface area contributed by atoms with Gasteiger partial charge in [-0.3, -0.25) is 10.0 Å². The topological polar surface area (TPSA) is 49.3 Å². The van der Waals surface area contributed by atoms with E-state index in [1.807, 2.05) is 6.92 Å². The highest BCUT2D eigenvalue weighted by molar-refractivity contribution is 5.77. The van der Waals surface area contributed by atoms with Gasteiger partial charge in [0.1, 0.15) is 0 Å². The summed E-state index contributed by atoms with van der Waals surface area (Å²) in [5.74, 6) is 0.314. The summed E-state index contributed by atoms with van der Waals surface area (Å²) >= 11 is 0. The molecule has 0 bridgehead atoms. The molecule has 2 unspecified atom stereocenters. The third kappa shape index (κ3) is 7.37. The van der Waals surface area contributed by atoms with E-state index in [0.717, 1.165) is 32.1 Å². The zero-order valence-electron chi connectivity index (χ0n) is 11.4. The maximum Gasteiger partial charge on any atom is 0.246 e. The molecule has 1 amide bonds. The number of rotatable bonds is 10. The van der Waals surface area contributed by atoms with Crippen molar-refractivity contribution in [1.82, 2.24) is 5.48 Å². The minimum Gasteiger partial charge on any atom is -0.289 e. The van der Waals surface area contributed by atoms with E-state index in [2.05, 4.69) is 13.8 Å². The van der Waals surface area contributed by atoms with Gasteiger partial charge in [-0.2, -0.15) is 0 Å². The highest BCUT2D eigenvalue weighted by Gasteiger charge is 2.20. The van der Waals surface area contributed by atoms with Gasteiger partial charge >= 0.3 is 0 Å². The SMILES string of the molecule is [CH2]CCCC(CCCC)CC(CC)C(=O)NO. The van der Waals surface area contributed by atoms with Crippen molar-refractivity contribution in [3.63, 3.8) is 0 Å². The molecule has 101 valence electrons. The summed E-state index contributed by atoms with van der Waals surface area (Å²) in [6, 6.07) is 0. The second-order valence-corrected chi connectivity index (χ2v) is 4.82. The third-order valence-corrected chi connectivity index (χ3v) is 3.42. The minimum absolute atomic E-state index is 0.0494. The Morgan fingerprint density at radius 1 is 1.29 bits per heavy atom. The van der Waals surface area contributed by atoms with Crippen molar-refractivity contribution >= 4 is 5.91 Å². The van der Waals surface area contributed by atoms with Crippen molar-refractivity contribution in [3.8, 4) is 0 Å². The molecular weight excluding hydrogens is 214 g/mol. The summed E-state index contributed by atoms with van der Waals surface area (Å²) in [5.41, 5.74) is 1.78. The van der Waals surface area contributed by atoms with E-state index < -0.39 is 0 Å². The summed E-state index contributed by atoms with van der Waals surface area (Å²) in [6.07, 6.45) is 8.53. The van der Waals surface area contributed by atoms with Gasteiger partial charge in [0.05, 0.1) is 0 Å². The molecule has 3 nitrogen and oxygen atoms in total. The summed E-state index contributed by atoms with van der Waals surface area (Å²) < 4.78 is 0. The molecule has 2 N–H and O–H groups in total. The van der Waals surface area contributed by atoms with Gasteiger partial charge in [0.2, 0.25) is 5.91 Å². The van der Waals surface area contributed by atoms with E-state index in [1.54, 1.807) is 5.48 Å². The Kier molecular flexibility index (Phi) is 10.2. The molecule has 0 saturated heterocycles. The van der Waals surface area contributed by atoms with Crippen LogP contribution in [0.5, 0.6) is 0 Å². The van der Waals surface area contributed by atoms with E-state index in [9.17, 15) is 4.79 Å². The fraction of sp³-hybridized carbons (Fsp3) is 0.857. The van der Waals surface area contributed by atoms with Crippen LogP contribution in [0.1, 0.15) is 65.2 Å². The summed E-state index contributed by atoms with van der Waals surface area (Å²) in [7, 11) is 0. The largest absolute Gasteiger partial charge is 0.289 e. The third-order valence-electron chi connectivity index (χ3n) is 3.42. The van der Waals surface area contributed by atoms with Crippen LogP contribution >= 0.6 is 0 Å². The summed E-state index contributed by atoms with van der Waals surface area (Å²) in [6.45, 7) is 8.06. The summed E-state index contributed by atoms with van der Waals surface area (Å²) in [5, 5.41) is 8.69. The molecule has 0 aromatic heterocycles. The number of amides is 1. The van der Waals surface area contributed by atoms with Gasteiger partial charge in [-0.15, -0.1) is 0 Å². The average Bonchev–Trinajstić information content (AvgIpc) is 2.37. The molecule has 0 aliphatic rings. The number of unbranched alkanes of at least 4 members (excludes halogenated alkanes) is 2. The lowest BCUT2D eigenvalue weighted by atomic mass is 9.85. The van der Waals surface area contributed by atoms with Crippen molar-refractivity contribution in [3.05, 3.63) is 6.92 Å². The number of carbonyl (C=O) groups excluding carboxylic acids is 1. The Labute approximate surface area is 106 Å². The highest BCUT2D eigenvalue weighted by Crippen LogP contribution is 2.25. The normalized spacial score (nSPS) is 12.8. The maximum atomic E-state index is 11.5. The maximum absolute atomic E-state index is 11.5. The van der Waals surface area contributed by atoms with Gasteiger partial charge in [-0.1, -0.05) is 59.3 Å². The van der Waals surface area contributed by atoms with Crippen LogP contribution in [0.25, 0.3) is 0 Å². The molecule has 0 aliphatic carbocycles. The van der Waals surface area contributed by atoms with Gasteiger partial charge in [0.15, 0.2) is 0 Å². The first kappa shape index (κ1) is 16.4. The zero-order chi connectivity index (χ0) is 13.1. The minimum atomic E-state index is -0.233. The molecule has 0 aromatic rings. The van der Waals surface area contributed by atoms with Crippen molar-refractivity contribution in [2.24, 2.45) is 11.8 Å². The van der Waals surface area contributed by atoms with E-state index in [4.69, 9.17) is 5.21 Å². The van der Waals surface area contributed by atoms with Gasteiger partial charge in [0, 0.05) is 5.92 Å². The molecule has 0 fully saturated rings. The second-order valence-electron chi connectivity index (χ2n) is 4.82. The number of hydrogen-bond acceptors (Lipinski definition) is 2. The standard InChI is InChI=1S/C14H28NO2/c1-4-7-9-12(10-8-5-2)11-13(6-3)14(16)15-17/h12-13,17H,1,4-11H2,2-3H3,(H,15,16). The number of hydroxylamine groups is 1. The lowest BCUT2D eigenvalue weighted by Gasteiger charge is -2.21. The fourth-order valence-corrected chi connectivity index (χ4v) is 2.26. The van der Waals surface area contributed by atoms with E-state index >= 15 is 0 Å². The quantitative estimate of drug-likeness (QED) is 0.453. The molecule has 0 saturated carbocycles. The molecule has 3 heteroatoms. The van der Waals surface area contributed by atoms with Crippen LogP contribution in [0.2, 0.25) is 0 Å². The molecular formula is C14H28NO2. The van der Waals surface area contributed by atoms with Crippen molar-refractivity contribution < 1.29 is 10.0 Å². The first-order valence-corrected chi connectivity index (χ1v) is 6.92. The van der Waals surface area contributed by atoms with E-state index in [1.165, 1.54) is 19.3 Å². The molecule has 0 aliphatic heterocycles. The fourth-order valence-electron chi connectivity index (χ4n) is 2.26. The second kappa shape index (κ2) is 10.6. The van der Waals surface area contributed by atoms with Crippen LogP contribution in [0.3, 0.4) is 0 Å². The van der Waals surface area contributed by atoms with Gasteiger partial charge in [-0.25, -0.2) is 5.48 Å². The van der Waals surface area contributed by atoms with Crippen LogP contribution in [-0.2, 0) is 4.79 Å². The summed E-state index contributed by atoms with van der Waals surface area (Å²) in [4.78, 5) is 11.5. The van der Waals surface area contributed by atoms with Crippen molar-refractivity contribution in [2.45, 2.75) is 65.2 Å². The van der Waals surface area contributed by atoms with Gasteiger partial charge in [-0.05, 0) is 18.8 Å². The first-order chi connectivity index (χ1) is 8.19. The average molecular weight is 242 g/mol. The predicted molar refractivity (Wildman–Crippen MR) is 70.6 cm³/mol. The van der Waals surface area contributed by atoms with Gasteiger partial charge in [0.25, 0.3) is 0 Å². The molecule has 0 heterocycles. The van der Waals surface area contributed by atoms with Crippen LogP contribution in [-0.4, -0.2) is 11.1 Å². The lowest BCUT2D eigenvalue weighted by Crippen LogP contribution is -2.29. The molecule has 0 spiro atoms. The molecule has 0 aromatic carbocycles. The van der Waals surface area contributed by atoms with Crippen molar-refractivity contribution in [1.29, 1.82) is 0 Å². The van der Waals surface area contributed by atoms with E-state index in [0.29, 0.717) is 5.92 Å². The van der Waals surface area contributed by atoms with Gasteiger partial charge < -0.3 is 0 Å². The van der Waals surface area contributed by atoms with Crippen LogP contribution in [0.4, 0.5) is 0 Å². The Morgan fingerprint density at radius 2 is 1.94 bits per heavy atom. The molecule has 2 atom stereocenters. The Bertz CT molecular complexity index is 187. The van der Waals surface area contributed by atoms with E-state index in [-0.39, 0.29) is 11.8 Å². The Morgan fingerprint density at radius 3 is 2.41 bits per heavy atom. The zero-order valence-corrected chi connectivity index (χ0v) is 11.4. The Hall–Kier alpha value is -0.570. The van der Waals surface area contributed by atoms with Crippen LogP contribution < -0.4 is 5.48 Å². The number of carbonyl (C=O) groups is 1.